The largest absolute Gasteiger partial charge is 0.457 e. The van der Waals surface area contributed by atoms with E-state index in [1.165, 1.54) is 35.7 Å². The lowest BCUT2D eigenvalue weighted by Gasteiger charge is -2.59. The summed E-state index contributed by atoms with van der Waals surface area (Å²) in [5, 5.41) is 16.8. The zero-order valence-corrected chi connectivity index (χ0v) is 27.4. The van der Waals surface area contributed by atoms with E-state index in [1.54, 1.807) is 36.1 Å². The van der Waals surface area contributed by atoms with Crippen LogP contribution in [-0.2, 0) is 15.9 Å². The van der Waals surface area contributed by atoms with Gasteiger partial charge in [-0.1, -0.05) is 31.2 Å². The van der Waals surface area contributed by atoms with Gasteiger partial charge in [0.05, 0.1) is 23.7 Å². The lowest BCUT2D eigenvalue weighted by atomic mass is 9.46. The first kappa shape index (κ1) is 31.4. The van der Waals surface area contributed by atoms with E-state index in [4.69, 9.17) is 19.0 Å². The topological polar surface area (TPSA) is 104 Å². The number of carbonyl (C=O) groups is 2. The highest BCUT2D eigenvalue weighted by atomic mass is 32.2. The maximum Gasteiger partial charge on any atom is 0.374 e. The van der Waals surface area contributed by atoms with Crippen LogP contribution in [0.5, 0.6) is 0 Å². The van der Waals surface area contributed by atoms with Gasteiger partial charge in [0, 0.05) is 30.4 Å². The number of aliphatic hydroxyl groups excluding tert-OH is 1. The third-order valence-corrected chi connectivity index (χ3v) is 12.4. The van der Waals surface area contributed by atoms with E-state index >= 15 is 0 Å². The second kappa shape index (κ2) is 12.1. The lowest BCUT2D eigenvalue weighted by molar-refractivity contribution is -0.138. The van der Waals surface area contributed by atoms with Gasteiger partial charge in [-0.15, -0.1) is 0 Å². The van der Waals surface area contributed by atoms with Crippen LogP contribution in [0.1, 0.15) is 84.7 Å². The Kier molecular flexibility index (Phi) is 8.26. The summed E-state index contributed by atoms with van der Waals surface area (Å²) in [6.45, 7) is 5.01. The summed E-state index contributed by atoms with van der Waals surface area (Å²) in [6, 6.07) is 9.49. The molecular weight excluding hydrogens is 607 g/mol. The molecule has 2 heterocycles. The molecule has 1 aromatic carbocycles. The summed E-state index contributed by atoms with van der Waals surface area (Å²) in [4.78, 5) is 26.5. The maximum atomic E-state index is 13.9. The molecule has 4 aliphatic rings. The van der Waals surface area contributed by atoms with Crippen molar-refractivity contribution < 1.29 is 33.0 Å². The summed E-state index contributed by atoms with van der Waals surface area (Å²) in [5.41, 5.74) is 3.43. The molecule has 0 spiro atoms. The van der Waals surface area contributed by atoms with E-state index < -0.39 is 12.1 Å². The molecule has 10 heteroatoms. The molecule has 0 amide bonds. The van der Waals surface area contributed by atoms with E-state index in [2.05, 4.69) is 19.9 Å². The van der Waals surface area contributed by atoms with Gasteiger partial charge >= 0.3 is 5.97 Å². The monoisotopic (exact) mass is 648 g/mol. The Morgan fingerprint density at radius 2 is 1.98 bits per heavy atom. The molecule has 46 heavy (non-hydrogen) atoms. The number of methoxy groups -OCH3 is 1. The molecule has 0 bridgehead atoms. The van der Waals surface area contributed by atoms with Crippen molar-refractivity contribution in [1.82, 2.24) is 9.78 Å². The van der Waals surface area contributed by atoms with Gasteiger partial charge in [0.2, 0.25) is 10.9 Å². The molecule has 7 rings (SSSR count). The Morgan fingerprint density at radius 3 is 2.72 bits per heavy atom. The number of benzene rings is 1. The van der Waals surface area contributed by atoms with Crippen LogP contribution in [0.2, 0.25) is 0 Å². The highest BCUT2D eigenvalue weighted by Gasteiger charge is 2.63. The van der Waals surface area contributed by atoms with E-state index in [1.807, 2.05) is 0 Å². The molecule has 0 aliphatic heterocycles. The molecule has 244 valence electrons. The number of carbonyl (C=O) groups excluding carboxylic acids is 2. The average Bonchev–Trinajstić information content (AvgIpc) is 3.76. The molecule has 4 aliphatic carbocycles. The number of rotatable bonds is 8. The first-order valence-electron chi connectivity index (χ1n) is 16.3. The molecule has 2 aromatic heterocycles. The van der Waals surface area contributed by atoms with E-state index in [9.17, 15) is 19.1 Å². The number of nitrogens with zero attached hydrogens (tertiary/aromatic N) is 2. The maximum absolute atomic E-state index is 13.9. The Hall–Kier alpha value is -3.21. The minimum Gasteiger partial charge on any atom is -0.457 e. The Morgan fingerprint density at radius 1 is 1.17 bits per heavy atom. The Balaban J connectivity index is 1.21. The van der Waals surface area contributed by atoms with Gasteiger partial charge in [-0.2, -0.15) is 5.10 Å². The first-order chi connectivity index (χ1) is 22.1. The summed E-state index contributed by atoms with van der Waals surface area (Å²) in [5.74, 6) is 0.575. The van der Waals surface area contributed by atoms with Crippen LogP contribution < -0.4 is 0 Å². The standard InChI is InChI=1S/C36H41FN2O6S/c1-35-19-25-27(39(23-10-8-22(37)9-11-23)38-32(25)34(42)46-17-5-15-43-3)18-21(35)7-12-24-26-13-14-30(36(26,2)20-28(40)31(24)35)45-33(41)29-6-4-16-44-29/h4,6,8-11,16,18,24,26,28,30-31,40H,5,7,12-15,17,19-20H2,1-3H3/t24-,26-,28-,30+,31+,35-,36-/m0/s1. The normalized spacial score (nSPS) is 31.3. The quantitative estimate of drug-likeness (QED) is 0.208. The number of halogens is 1. The Bertz CT molecular complexity index is 1650. The summed E-state index contributed by atoms with van der Waals surface area (Å²) in [6.07, 6.45) is 8.15. The number of hydrogen-bond donors (Lipinski definition) is 1. The van der Waals surface area contributed by atoms with Crippen molar-refractivity contribution in [3.8, 4) is 5.69 Å². The fraction of sp³-hybridized carbons (Fsp3) is 0.528. The molecule has 3 aromatic rings. The highest BCUT2D eigenvalue weighted by Crippen LogP contribution is 2.66. The average molecular weight is 649 g/mol. The van der Waals surface area contributed by atoms with Gasteiger partial charge in [-0.3, -0.25) is 4.79 Å². The van der Waals surface area contributed by atoms with E-state index in [-0.39, 0.29) is 45.5 Å². The van der Waals surface area contributed by atoms with Gasteiger partial charge < -0.3 is 19.0 Å². The van der Waals surface area contributed by atoms with Crippen molar-refractivity contribution in [2.45, 2.75) is 71.0 Å². The van der Waals surface area contributed by atoms with Gasteiger partial charge in [0.15, 0.2) is 0 Å². The summed E-state index contributed by atoms with van der Waals surface area (Å²) in [7, 11) is 1.65. The Labute approximate surface area is 272 Å². The first-order valence-corrected chi connectivity index (χ1v) is 17.3. The van der Waals surface area contributed by atoms with Gasteiger partial charge in [0.25, 0.3) is 0 Å². The van der Waals surface area contributed by atoms with Crippen LogP contribution in [0.3, 0.4) is 0 Å². The number of ether oxygens (including phenoxy) is 2. The van der Waals surface area contributed by atoms with Crippen LogP contribution in [0.25, 0.3) is 11.8 Å². The minimum atomic E-state index is -0.598. The number of hydrogen-bond acceptors (Lipinski definition) is 8. The number of allylic oxidation sites excluding steroid dienone is 1. The SMILES string of the molecule is COCCCSC(=O)c1nn(-c2ccc(F)cc2)c2c1C[C@@]1(C)C(=C2)CC[C@@H]2[C@@H]1[C@@H](O)C[C@]1(C)[C@H](OC(=O)c3ccco3)CC[C@@H]21. The summed E-state index contributed by atoms with van der Waals surface area (Å²) < 4.78 is 32.1. The minimum absolute atomic E-state index is 0.00951. The number of aliphatic hydroxyl groups is 1. The number of aromatic nitrogens is 2. The molecule has 1 N–H and O–H groups in total. The van der Waals surface area contributed by atoms with Crippen molar-refractivity contribution in [2.75, 3.05) is 19.5 Å². The predicted molar refractivity (Wildman–Crippen MR) is 172 cm³/mol. The number of fused-ring (bicyclic) bond motifs is 6. The molecule has 0 saturated heterocycles. The van der Waals surface area contributed by atoms with Crippen LogP contribution in [0.15, 0.2) is 52.7 Å². The van der Waals surface area contributed by atoms with Crippen molar-refractivity contribution in [2.24, 2.45) is 28.6 Å². The van der Waals surface area contributed by atoms with E-state index in [0.717, 1.165) is 43.4 Å². The smallest absolute Gasteiger partial charge is 0.374 e. The van der Waals surface area contributed by atoms with Crippen molar-refractivity contribution >= 4 is 28.9 Å². The van der Waals surface area contributed by atoms with Gasteiger partial charge in [-0.05, 0) is 111 Å². The lowest BCUT2D eigenvalue weighted by Crippen LogP contribution is -2.57. The van der Waals surface area contributed by atoms with Crippen molar-refractivity contribution in [1.29, 1.82) is 0 Å². The molecule has 3 fully saturated rings. The highest BCUT2D eigenvalue weighted by molar-refractivity contribution is 8.14. The molecule has 0 unspecified atom stereocenters. The predicted octanol–water partition coefficient (Wildman–Crippen LogP) is 6.89. The molecule has 3 saturated carbocycles. The van der Waals surface area contributed by atoms with Crippen LogP contribution in [-0.4, -0.2) is 57.6 Å². The third kappa shape index (κ3) is 5.17. The molecule has 8 nitrogen and oxygen atoms in total. The van der Waals surface area contributed by atoms with Crippen molar-refractivity contribution in [3.05, 3.63) is 76.8 Å². The second-order valence-corrected chi connectivity index (χ2v) is 15.0. The zero-order chi connectivity index (χ0) is 32.2. The third-order valence-electron chi connectivity index (χ3n) is 11.4. The van der Waals surface area contributed by atoms with E-state index in [0.29, 0.717) is 42.5 Å². The summed E-state index contributed by atoms with van der Waals surface area (Å²) >= 11 is 1.25. The fourth-order valence-corrected chi connectivity index (χ4v) is 10.1. The van der Waals surface area contributed by atoms with Crippen molar-refractivity contribution in [3.63, 3.8) is 0 Å². The number of esters is 1. The molecule has 7 atom stereocenters. The molecule has 0 radical (unpaired) electrons. The van der Waals surface area contributed by atoms with Crippen LogP contribution in [0, 0.1) is 34.4 Å². The second-order valence-electron chi connectivity index (χ2n) is 13.9. The number of thioether (sulfide) groups is 1. The zero-order valence-electron chi connectivity index (χ0n) is 26.5. The van der Waals surface area contributed by atoms with Crippen LogP contribution >= 0.6 is 11.8 Å². The van der Waals surface area contributed by atoms with Crippen LogP contribution in [0.4, 0.5) is 4.39 Å². The number of furan rings is 1. The van der Waals surface area contributed by atoms with Gasteiger partial charge in [0.1, 0.15) is 17.6 Å². The fourth-order valence-electron chi connectivity index (χ4n) is 9.37. The molecular formula is C36H41FN2O6S. The van der Waals surface area contributed by atoms with Gasteiger partial charge in [-0.25, -0.2) is 13.9 Å².